The number of alkyl halides is 2. The molecule has 0 saturated carbocycles. The lowest BCUT2D eigenvalue weighted by molar-refractivity contribution is 0.188. The van der Waals surface area contributed by atoms with Crippen LogP contribution in [0.4, 0.5) is 23.2 Å². The Balaban J connectivity index is 1.56. The van der Waals surface area contributed by atoms with Gasteiger partial charge in [-0.1, -0.05) is 31.4 Å². The van der Waals surface area contributed by atoms with Crippen molar-refractivity contribution in [2.75, 3.05) is 18.0 Å². The molecule has 2 aliphatic heterocycles. The molecule has 0 radical (unpaired) electrons. The predicted octanol–water partition coefficient (Wildman–Crippen LogP) is 5.37. The van der Waals surface area contributed by atoms with E-state index >= 15 is 0 Å². The van der Waals surface area contributed by atoms with Gasteiger partial charge >= 0.3 is 0 Å². The van der Waals surface area contributed by atoms with Gasteiger partial charge in [-0.2, -0.15) is 10.2 Å². The monoisotopic (exact) mass is 442 g/mol. The van der Waals surface area contributed by atoms with Gasteiger partial charge in [0.2, 0.25) is 0 Å². The Labute approximate surface area is 183 Å². The van der Waals surface area contributed by atoms with E-state index in [1.807, 2.05) is 4.90 Å². The molecular formula is C24H22F4N4. The summed E-state index contributed by atoms with van der Waals surface area (Å²) in [6.07, 6.45) is -1.04. The summed E-state index contributed by atoms with van der Waals surface area (Å²) >= 11 is 0. The molecule has 2 aromatic rings. The van der Waals surface area contributed by atoms with E-state index in [4.69, 9.17) is 0 Å². The summed E-state index contributed by atoms with van der Waals surface area (Å²) in [6.45, 7) is 9.57. The lowest BCUT2D eigenvalue weighted by Gasteiger charge is -2.43. The third-order valence-corrected chi connectivity index (χ3v) is 5.72. The molecule has 0 amide bonds. The maximum atomic E-state index is 15.0. The van der Waals surface area contributed by atoms with Crippen LogP contribution in [0.2, 0.25) is 0 Å². The fourth-order valence-electron chi connectivity index (χ4n) is 3.77. The van der Waals surface area contributed by atoms with Crippen LogP contribution in [0.3, 0.4) is 0 Å². The molecule has 4 nitrogen and oxygen atoms in total. The molecule has 166 valence electrons. The first kappa shape index (κ1) is 21.8. The number of anilines is 1. The predicted molar refractivity (Wildman–Crippen MR) is 118 cm³/mol. The Morgan fingerprint density at radius 3 is 2.56 bits per heavy atom. The number of halogens is 4. The van der Waals surface area contributed by atoms with E-state index < -0.39 is 18.1 Å². The zero-order valence-electron chi connectivity index (χ0n) is 17.3. The average Bonchev–Trinajstić information content (AvgIpc) is 3.22. The highest BCUT2D eigenvalue weighted by Crippen LogP contribution is 2.31. The molecule has 2 aromatic carbocycles. The molecule has 32 heavy (non-hydrogen) atoms. The minimum Gasteiger partial charge on any atom is -0.376 e. The molecule has 1 fully saturated rings. The molecule has 4 rings (SSSR count). The fraction of sp³-hybridized carbons (Fsp3) is 0.250. The van der Waals surface area contributed by atoms with Gasteiger partial charge in [-0.25, -0.2) is 17.6 Å². The molecule has 0 bridgehead atoms. The normalized spacial score (nSPS) is 16.0. The average molecular weight is 442 g/mol. The van der Waals surface area contributed by atoms with Gasteiger partial charge in [0.05, 0.1) is 12.3 Å². The van der Waals surface area contributed by atoms with Gasteiger partial charge in [0, 0.05) is 47.9 Å². The Morgan fingerprint density at radius 2 is 1.94 bits per heavy atom. The Morgan fingerprint density at radius 1 is 1.16 bits per heavy atom. The molecule has 2 heterocycles. The second kappa shape index (κ2) is 8.98. The van der Waals surface area contributed by atoms with Crippen LogP contribution in [0.5, 0.6) is 0 Å². The van der Waals surface area contributed by atoms with Crippen LogP contribution in [0, 0.1) is 17.6 Å². The summed E-state index contributed by atoms with van der Waals surface area (Å²) < 4.78 is 54.5. The second-order valence-corrected chi connectivity index (χ2v) is 7.81. The molecule has 0 aliphatic carbocycles. The van der Waals surface area contributed by atoms with Gasteiger partial charge in [-0.3, -0.25) is 0 Å². The van der Waals surface area contributed by atoms with Crippen molar-refractivity contribution in [1.82, 2.24) is 4.90 Å². The van der Waals surface area contributed by atoms with Crippen LogP contribution in [0.15, 0.2) is 77.7 Å². The summed E-state index contributed by atoms with van der Waals surface area (Å²) in [7, 11) is 0. The van der Waals surface area contributed by atoms with Crippen LogP contribution in [-0.2, 0) is 6.54 Å². The maximum absolute atomic E-state index is 15.0. The first-order valence-electron chi connectivity index (χ1n) is 10.1. The van der Waals surface area contributed by atoms with Gasteiger partial charge in [-0.15, -0.1) is 0 Å². The van der Waals surface area contributed by atoms with E-state index in [1.54, 1.807) is 35.4 Å². The third-order valence-electron chi connectivity index (χ3n) is 5.72. The number of benzene rings is 2. The first-order chi connectivity index (χ1) is 15.4. The van der Waals surface area contributed by atoms with Gasteiger partial charge < -0.3 is 9.80 Å². The van der Waals surface area contributed by atoms with Gasteiger partial charge in [-0.05, 0) is 30.5 Å². The molecule has 0 aromatic heterocycles. The van der Waals surface area contributed by atoms with E-state index in [1.165, 1.54) is 18.2 Å². The molecule has 0 atom stereocenters. The van der Waals surface area contributed by atoms with E-state index in [0.717, 1.165) is 18.8 Å². The Kier molecular flexibility index (Phi) is 6.12. The Bertz CT molecular complexity index is 1100. The molecular weight excluding hydrogens is 420 g/mol. The topological polar surface area (TPSA) is 31.2 Å². The summed E-state index contributed by atoms with van der Waals surface area (Å²) in [5, 5.41) is 7.24. The highest BCUT2D eigenvalue weighted by Gasteiger charge is 2.30. The fourth-order valence-corrected chi connectivity index (χ4v) is 3.77. The number of likely N-dealkylation sites (tertiary alicyclic amines) is 1. The lowest BCUT2D eigenvalue weighted by Crippen LogP contribution is -2.47. The van der Waals surface area contributed by atoms with Gasteiger partial charge in [0.15, 0.2) is 0 Å². The maximum Gasteiger partial charge on any atom is 0.278 e. The van der Waals surface area contributed by atoms with E-state index in [9.17, 15) is 17.6 Å². The van der Waals surface area contributed by atoms with Crippen LogP contribution in [0.25, 0.3) is 0 Å². The molecule has 2 aliphatic rings. The van der Waals surface area contributed by atoms with Crippen LogP contribution >= 0.6 is 0 Å². The highest BCUT2D eigenvalue weighted by atomic mass is 19.3. The minimum absolute atomic E-state index is 0.107. The van der Waals surface area contributed by atoms with E-state index in [-0.39, 0.29) is 24.6 Å². The quantitative estimate of drug-likeness (QED) is 0.515. The highest BCUT2D eigenvalue weighted by molar-refractivity contribution is 6.15. The number of nitrogens with zero attached hydrogens (tertiary/aromatic N) is 4. The molecule has 8 heteroatoms. The molecule has 0 spiro atoms. The minimum atomic E-state index is -2.69. The smallest absolute Gasteiger partial charge is 0.278 e. The van der Waals surface area contributed by atoms with Crippen molar-refractivity contribution in [1.29, 1.82) is 0 Å². The van der Waals surface area contributed by atoms with Gasteiger partial charge in [0.25, 0.3) is 6.43 Å². The first-order valence-corrected chi connectivity index (χ1v) is 10.1. The largest absolute Gasteiger partial charge is 0.376 e. The van der Waals surface area contributed by atoms with Crippen molar-refractivity contribution < 1.29 is 17.6 Å². The molecule has 1 saturated heterocycles. The van der Waals surface area contributed by atoms with Crippen LogP contribution in [-0.4, -0.2) is 35.8 Å². The van der Waals surface area contributed by atoms with Crippen molar-refractivity contribution in [3.63, 3.8) is 0 Å². The Hall–Kier alpha value is -3.42. The van der Waals surface area contributed by atoms with Crippen molar-refractivity contribution >= 4 is 17.1 Å². The summed E-state index contributed by atoms with van der Waals surface area (Å²) in [6, 6.07) is 10.6. The van der Waals surface area contributed by atoms with Crippen molar-refractivity contribution in [2.24, 2.45) is 16.1 Å². The van der Waals surface area contributed by atoms with Crippen LogP contribution in [0.1, 0.15) is 17.5 Å². The zero-order chi connectivity index (χ0) is 22.8. The van der Waals surface area contributed by atoms with Crippen LogP contribution < -0.4 is 4.90 Å². The number of hydrogen-bond acceptors (Lipinski definition) is 4. The number of rotatable bonds is 8. The van der Waals surface area contributed by atoms with Gasteiger partial charge in [0.1, 0.15) is 17.3 Å². The SMILES string of the molecule is C=CN1CC(C(=C)N(Cc2ccc(C3=NN=C(C(F)F)C3)cc2F)c2cccc(F)c2)C1. The van der Waals surface area contributed by atoms with E-state index in [2.05, 4.69) is 23.4 Å². The molecule has 0 unspecified atom stereocenters. The number of hydrogen-bond donors (Lipinski definition) is 0. The van der Waals surface area contributed by atoms with Crippen molar-refractivity contribution in [2.45, 2.75) is 19.4 Å². The second-order valence-electron chi connectivity index (χ2n) is 7.81. The van der Waals surface area contributed by atoms with Crippen molar-refractivity contribution in [3.8, 4) is 0 Å². The molecule has 0 N–H and O–H groups in total. The summed E-state index contributed by atoms with van der Waals surface area (Å²) in [5.41, 5.74) is 2.08. The summed E-state index contributed by atoms with van der Waals surface area (Å²) in [4.78, 5) is 3.84. The lowest BCUT2D eigenvalue weighted by atomic mass is 9.95. The standard InChI is InChI=1S/C24H22F4N4/c1-3-31-12-18(13-31)15(2)32(20-6-4-5-19(25)10-20)14-17-8-7-16(9-21(17)26)22-11-23(24(27)28)30-29-22/h3-10,18,24H,1-2,11-14H2. The van der Waals surface area contributed by atoms with Crippen molar-refractivity contribution in [3.05, 3.63) is 90.3 Å². The summed E-state index contributed by atoms with van der Waals surface area (Å²) in [5.74, 6) is -0.769. The zero-order valence-corrected chi connectivity index (χ0v) is 17.3. The van der Waals surface area contributed by atoms with E-state index in [0.29, 0.717) is 22.5 Å². The third kappa shape index (κ3) is 4.44.